The lowest BCUT2D eigenvalue weighted by atomic mass is 10.1. The highest BCUT2D eigenvalue weighted by molar-refractivity contribution is 5.93. The molecule has 0 spiro atoms. The summed E-state index contributed by atoms with van der Waals surface area (Å²) in [7, 11) is 0. The summed E-state index contributed by atoms with van der Waals surface area (Å²) in [5.41, 5.74) is 1.92. The number of hydrogen-bond acceptors (Lipinski definition) is 2. The molecule has 0 saturated heterocycles. The van der Waals surface area contributed by atoms with Crippen LogP contribution in [-0.4, -0.2) is 11.1 Å². The summed E-state index contributed by atoms with van der Waals surface area (Å²) in [6.07, 6.45) is 0. The zero-order valence-electron chi connectivity index (χ0n) is 6.47. The van der Waals surface area contributed by atoms with Crippen LogP contribution in [-0.2, 0) is 0 Å². The van der Waals surface area contributed by atoms with Gasteiger partial charge in [0.05, 0.1) is 5.56 Å². The van der Waals surface area contributed by atoms with Crippen molar-refractivity contribution in [1.29, 1.82) is 0 Å². The molecule has 0 aliphatic rings. The molecule has 1 rings (SSSR count). The minimum Gasteiger partial charge on any atom is -0.288 e. The van der Waals surface area contributed by atoms with Crippen LogP contribution >= 0.6 is 0 Å². The van der Waals surface area contributed by atoms with Crippen LogP contribution in [0.1, 0.15) is 15.9 Å². The predicted octanol–water partition coefficient (Wildman–Crippen LogP) is 1.25. The van der Waals surface area contributed by atoms with Gasteiger partial charge in [-0.05, 0) is 24.6 Å². The molecule has 1 amide bonds. The van der Waals surface area contributed by atoms with Crippen LogP contribution in [0.2, 0.25) is 0 Å². The lowest BCUT2D eigenvalue weighted by molar-refractivity contribution is 0.0702. The summed E-state index contributed by atoms with van der Waals surface area (Å²) in [6, 6.07) is 4.13. The molecule has 12 heavy (non-hydrogen) atoms. The first-order valence-corrected chi connectivity index (χ1v) is 3.35. The normalized spacial score (nSPS) is 9.58. The third kappa shape index (κ3) is 1.60. The van der Waals surface area contributed by atoms with Gasteiger partial charge in [-0.25, -0.2) is 9.87 Å². The van der Waals surface area contributed by atoms with Crippen LogP contribution in [0, 0.1) is 12.7 Å². The lowest BCUT2D eigenvalue weighted by Gasteiger charge is -2.00. The summed E-state index contributed by atoms with van der Waals surface area (Å²) in [6.45, 7) is 1.71. The van der Waals surface area contributed by atoms with Crippen molar-refractivity contribution < 1.29 is 14.4 Å². The van der Waals surface area contributed by atoms with Crippen molar-refractivity contribution in [3.05, 3.63) is 35.1 Å². The van der Waals surface area contributed by atoms with E-state index in [-0.39, 0.29) is 5.56 Å². The highest BCUT2D eigenvalue weighted by Crippen LogP contribution is 2.08. The van der Waals surface area contributed by atoms with Gasteiger partial charge in [-0.1, -0.05) is 6.07 Å². The van der Waals surface area contributed by atoms with Gasteiger partial charge in [-0.15, -0.1) is 0 Å². The molecule has 0 unspecified atom stereocenters. The van der Waals surface area contributed by atoms with E-state index in [4.69, 9.17) is 5.21 Å². The Labute approximate surface area is 68.8 Å². The van der Waals surface area contributed by atoms with E-state index in [0.717, 1.165) is 5.56 Å². The Morgan fingerprint density at radius 2 is 2.25 bits per heavy atom. The van der Waals surface area contributed by atoms with Crippen LogP contribution < -0.4 is 5.48 Å². The van der Waals surface area contributed by atoms with Crippen LogP contribution in [0.3, 0.4) is 0 Å². The maximum Gasteiger partial charge on any atom is 0.277 e. The molecule has 0 atom stereocenters. The van der Waals surface area contributed by atoms with Gasteiger partial charge in [-0.2, -0.15) is 0 Å². The third-order valence-corrected chi connectivity index (χ3v) is 1.47. The van der Waals surface area contributed by atoms with Gasteiger partial charge in [0.2, 0.25) is 0 Å². The van der Waals surface area contributed by atoms with E-state index in [1.807, 2.05) is 0 Å². The van der Waals surface area contributed by atoms with Crippen molar-refractivity contribution in [3.63, 3.8) is 0 Å². The molecule has 0 saturated carbocycles. The molecule has 0 radical (unpaired) electrons. The second kappa shape index (κ2) is 3.32. The molecule has 0 heterocycles. The Balaban J connectivity index is 3.09. The van der Waals surface area contributed by atoms with Gasteiger partial charge in [0, 0.05) is 0 Å². The van der Waals surface area contributed by atoms with E-state index >= 15 is 0 Å². The first-order chi connectivity index (χ1) is 5.65. The predicted molar refractivity (Wildman–Crippen MR) is 40.4 cm³/mol. The third-order valence-electron chi connectivity index (χ3n) is 1.47. The van der Waals surface area contributed by atoms with Crippen LogP contribution in [0.4, 0.5) is 4.39 Å². The summed E-state index contributed by atoms with van der Waals surface area (Å²) in [5, 5.41) is 8.22. The molecule has 2 N–H and O–H groups in total. The monoisotopic (exact) mass is 169 g/mol. The van der Waals surface area contributed by atoms with Gasteiger partial charge >= 0.3 is 0 Å². The maximum atomic E-state index is 12.9. The van der Waals surface area contributed by atoms with Crippen LogP contribution in [0.15, 0.2) is 18.2 Å². The highest BCUT2D eigenvalue weighted by Gasteiger charge is 2.09. The number of rotatable bonds is 1. The number of hydroxylamine groups is 1. The molecule has 4 heteroatoms. The van der Waals surface area contributed by atoms with Gasteiger partial charge in [-0.3, -0.25) is 10.0 Å². The van der Waals surface area contributed by atoms with Crippen molar-refractivity contribution in [1.82, 2.24) is 5.48 Å². The molecule has 0 aliphatic carbocycles. The summed E-state index contributed by atoms with van der Waals surface area (Å²) >= 11 is 0. The van der Waals surface area contributed by atoms with Crippen LogP contribution in [0.25, 0.3) is 0 Å². The maximum absolute atomic E-state index is 12.9. The minimum atomic E-state index is -0.840. The first-order valence-electron chi connectivity index (χ1n) is 3.35. The lowest BCUT2D eigenvalue weighted by Crippen LogP contribution is -2.19. The van der Waals surface area contributed by atoms with Crippen molar-refractivity contribution in [2.75, 3.05) is 0 Å². The van der Waals surface area contributed by atoms with Crippen LogP contribution in [0.5, 0.6) is 0 Å². The Bertz CT molecular complexity index is 312. The van der Waals surface area contributed by atoms with E-state index in [0.29, 0.717) is 0 Å². The molecular formula is C8H8FNO2. The fourth-order valence-electron chi connectivity index (χ4n) is 0.865. The summed E-state index contributed by atoms with van der Waals surface area (Å²) in [5.74, 6) is -1.48. The number of aryl methyl sites for hydroxylation is 1. The van der Waals surface area contributed by atoms with Crippen molar-refractivity contribution in [2.24, 2.45) is 0 Å². The van der Waals surface area contributed by atoms with E-state index in [1.165, 1.54) is 17.6 Å². The smallest absolute Gasteiger partial charge is 0.277 e. The largest absolute Gasteiger partial charge is 0.288 e. The first kappa shape index (κ1) is 8.67. The fourth-order valence-corrected chi connectivity index (χ4v) is 0.865. The van der Waals surface area contributed by atoms with Gasteiger partial charge in [0.25, 0.3) is 5.91 Å². The molecule has 1 aromatic rings. The molecule has 0 bridgehead atoms. The van der Waals surface area contributed by atoms with E-state index < -0.39 is 11.7 Å². The standard InChI is InChI=1S/C8H8FNO2/c1-5-2-3-6(7(9)4-5)8(11)10-12/h2-4,12H,1H3,(H,10,11). The Hall–Kier alpha value is -1.42. The Kier molecular flexibility index (Phi) is 2.40. The zero-order valence-corrected chi connectivity index (χ0v) is 6.47. The Morgan fingerprint density at radius 1 is 1.58 bits per heavy atom. The molecular weight excluding hydrogens is 161 g/mol. The molecule has 1 aromatic carbocycles. The van der Waals surface area contributed by atoms with Gasteiger partial charge in [0.15, 0.2) is 0 Å². The number of benzene rings is 1. The number of amides is 1. The molecule has 0 fully saturated rings. The second-order valence-electron chi connectivity index (χ2n) is 2.42. The van der Waals surface area contributed by atoms with E-state index in [1.54, 1.807) is 13.0 Å². The number of carbonyl (C=O) groups is 1. The van der Waals surface area contributed by atoms with Gasteiger partial charge < -0.3 is 0 Å². The molecule has 3 nitrogen and oxygen atoms in total. The molecule has 0 aliphatic heterocycles. The topological polar surface area (TPSA) is 49.3 Å². The number of carbonyl (C=O) groups excluding carboxylic acids is 1. The average molecular weight is 169 g/mol. The van der Waals surface area contributed by atoms with Crippen molar-refractivity contribution >= 4 is 5.91 Å². The fraction of sp³-hybridized carbons (Fsp3) is 0.125. The second-order valence-corrected chi connectivity index (χ2v) is 2.42. The number of hydrogen-bond donors (Lipinski definition) is 2. The zero-order chi connectivity index (χ0) is 9.14. The van der Waals surface area contributed by atoms with E-state index in [9.17, 15) is 9.18 Å². The van der Waals surface area contributed by atoms with E-state index in [2.05, 4.69) is 0 Å². The Morgan fingerprint density at radius 3 is 2.75 bits per heavy atom. The highest BCUT2D eigenvalue weighted by atomic mass is 19.1. The number of halogens is 1. The van der Waals surface area contributed by atoms with Crippen molar-refractivity contribution in [2.45, 2.75) is 6.92 Å². The molecule has 0 aromatic heterocycles. The quantitative estimate of drug-likeness (QED) is 0.491. The SMILES string of the molecule is Cc1ccc(C(=O)NO)c(F)c1. The number of nitrogens with one attached hydrogen (secondary N) is 1. The molecule has 64 valence electrons. The minimum absolute atomic E-state index is 0.164. The van der Waals surface area contributed by atoms with Gasteiger partial charge in [0.1, 0.15) is 5.82 Å². The van der Waals surface area contributed by atoms with Crippen molar-refractivity contribution in [3.8, 4) is 0 Å². The summed E-state index contributed by atoms with van der Waals surface area (Å²) in [4.78, 5) is 10.7. The average Bonchev–Trinajstić information content (AvgIpc) is 2.03. The summed E-state index contributed by atoms with van der Waals surface area (Å²) < 4.78 is 12.9.